The highest BCUT2D eigenvalue weighted by Gasteiger charge is 2.37. The molecule has 1 saturated heterocycles. The number of rotatable bonds is 3. The molecule has 6 nitrogen and oxygen atoms in total. The molecule has 1 aliphatic rings. The minimum absolute atomic E-state index is 0.130. The zero-order chi connectivity index (χ0) is 15.9. The summed E-state index contributed by atoms with van der Waals surface area (Å²) in [7, 11) is 0. The molecule has 0 aromatic carbocycles. The second kappa shape index (κ2) is 7.45. The third kappa shape index (κ3) is 7.70. The van der Waals surface area contributed by atoms with Crippen molar-refractivity contribution in [3.63, 3.8) is 0 Å². The molecule has 0 bridgehead atoms. The van der Waals surface area contributed by atoms with Crippen molar-refractivity contribution in [2.45, 2.75) is 64.5 Å². The average molecular weight is 294 g/mol. The number of nitrogens with one attached hydrogen (secondary N) is 1. The van der Waals surface area contributed by atoms with Gasteiger partial charge in [0.15, 0.2) is 0 Å². The van der Waals surface area contributed by atoms with Gasteiger partial charge in [0.2, 0.25) is 0 Å². The Hall–Kier alpha value is -1.56. The van der Waals surface area contributed by atoms with Crippen LogP contribution in [0.4, 0.5) is 0 Å². The summed E-state index contributed by atoms with van der Waals surface area (Å²) < 4.78 is 0. The van der Waals surface area contributed by atoms with E-state index in [2.05, 4.69) is 48.0 Å². The van der Waals surface area contributed by atoms with Crippen LogP contribution in [0.5, 0.6) is 0 Å². The highest BCUT2D eigenvalue weighted by atomic mass is 16.4. The standard InChI is InChI=1S/C12H23NO2.C3H3N3/c1-11(2)7-9(5-6-10(14)15)8-12(3,4)13-11;1-4-2-6-3-5-1/h9,13H,5-8H2,1-4H3,(H,14,15);1-3H. The van der Waals surface area contributed by atoms with E-state index in [-0.39, 0.29) is 11.1 Å². The molecule has 0 spiro atoms. The molecule has 0 aliphatic carbocycles. The summed E-state index contributed by atoms with van der Waals surface area (Å²) in [5, 5.41) is 12.3. The van der Waals surface area contributed by atoms with Crippen molar-refractivity contribution in [3.8, 4) is 0 Å². The largest absolute Gasteiger partial charge is 0.481 e. The maximum atomic E-state index is 10.5. The molecule has 2 N–H and O–H groups in total. The van der Waals surface area contributed by atoms with Gasteiger partial charge in [-0.05, 0) is 52.9 Å². The molecule has 0 atom stereocenters. The van der Waals surface area contributed by atoms with Crippen LogP contribution in [0.25, 0.3) is 0 Å². The van der Waals surface area contributed by atoms with Gasteiger partial charge in [-0.25, -0.2) is 15.0 Å². The fourth-order valence-corrected chi connectivity index (χ4v) is 3.27. The SMILES string of the molecule is CC1(C)CC(CCC(=O)O)CC(C)(C)N1.c1ncncn1. The van der Waals surface area contributed by atoms with E-state index in [1.54, 1.807) is 0 Å². The van der Waals surface area contributed by atoms with Crippen molar-refractivity contribution >= 4 is 5.97 Å². The van der Waals surface area contributed by atoms with Crippen LogP contribution in [0.15, 0.2) is 19.0 Å². The normalized spacial score (nSPS) is 20.2. The summed E-state index contributed by atoms with van der Waals surface area (Å²) in [5.41, 5.74) is 0.260. The lowest BCUT2D eigenvalue weighted by Crippen LogP contribution is -2.57. The zero-order valence-corrected chi connectivity index (χ0v) is 13.3. The fourth-order valence-electron chi connectivity index (χ4n) is 3.27. The van der Waals surface area contributed by atoms with Crippen LogP contribution in [0.1, 0.15) is 53.4 Å². The van der Waals surface area contributed by atoms with Crippen molar-refractivity contribution in [2.24, 2.45) is 5.92 Å². The lowest BCUT2D eigenvalue weighted by molar-refractivity contribution is -0.137. The average Bonchev–Trinajstić information content (AvgIpc) is 2.35. The summed E-state index contributed by atoms with van der Waals surface area (Å²) in [4.78, 5) is 21.2. The summed E-state index contributed by atoms with van der Waals surface area (Å²) >= 11 is 0. The molecule has 21 heavy (non-hydrogen) atoms. The van der Waals surface area contributed by atoms with E-state index in [9.17, 15) is 4.79 Å². The Kier molecular flexibility index (Phi) is 6.20. The summed E-state index contributed by atoms with van der Waals surface area (Å²) in [6, 6.07) is 0. The Morgan fingerprint density at radius 1 is 1.10 bits per heavy atom. The number of aliphatic carboxylic acids is 1. The molecule has 1 fully saturated rings. The zero-order valence-electron chi connectivity index (χ0n) is 13.3. The molecule has 1 aromatic heterocycles. The predicted octanol–water partition coefficient (Wildman–Crippen LogP) is 2.28. The number of piperidine rings is 1. The van der Waals surface area contributed by atoms with E-state index in [0.29, 0.717) is 12.3 Å². The molecule has 0 amide bonds. The van der Waals surface area contributed by atoms with Crippen molar-refractivity contribution in [1.82, 2.24) is 20.3 Å². The first kappa shape index (κ1) is 17.5. The van der Waals surface area contributed by atoms with Crippen LogP contribution >= 0.6 is 0 Å². The van der Waals surface area contributed by atoms with E-state index >= 15 is 0 Å². The third-order valence-corrected chi connectivity index (χ3v) is 3.44. The highest BCUT2D eigenvalue weighted by molar-refractivity contribution is 5.66. The van der Waals surface area contributed by atoms with Gasteiger partial charge >= 0.3 is 5.97 Å². The summed E-state index contributed by atoms with van der Waals surface area (Å²) in [5.74, 6) is -0.142. The molecule has 1 aromatic rings. The predicted molar refractivity (Wildman–Crippen MR) is 80.7 cm³/mol. The maximum absolute atomic E-state index is 10.5. The monoisotopic (exact) mass is 294 g/mol. The molecule has 0 unspecified atom stereocenters. The maximum Gasteiger partial charge on any atom is 0.303 e. The smallest absolute Gasteiger partial charge is 0.303 e. The van der Waals surface area contributed by atoms with Crippen molar-refractivity contribution in [1.29, 1.82) is 0 Å². The Morgan fingerprint density at radius 2 is 1.52 bits per heavy atom. The van der Waals surface area contributed by atoms with Crippen LogP contribution in [-0.4, -0.2) is 37.1 Å². The van der Waals surface area contributed by atoms with Crippen LogP contribution in [-0.2, 0) is 4.79 Å². The number of hydrogen-bond donors (Lipinski definition) is 2. The van der Waals surface area contributed by atoms with E-state index in [4.69, 9.17) is 5.11 Å². The minimum Gasteiger partial charge on any atom is -0.481 e. The Labute approximate surface area is 126 Å². The van der Waals surface area contributed by atoms with Gasteiger partial charge in [-0.2, -0.15) is 0 Å². The van der Waals surface area contributed by atoms with Crippen molar-refractivity contribution in [3.05, 3.63) is 19.0 Å². The third-order valence-electron chi connectivity index (χ3n) is 3.44. The van der Waals surface area contributed by atoms with Gasteiger partial charge in [0, 0.05) is 17.5 Å². The topological polar surface area (TPSA) is 88.0 Å². The van der Waals surface area contributed by atoms with E-state index in [1.807, 2.05) is 0 Å². The molecular weight excluding hydrogens is 268 g/mol. The number of carboxylic acid groups (broad SMARTS) is 1. The first-order valence-corrected chi connectivity index (χ1v) is 7.26. The molecule has 2 rings (SSSR count). The van der Waals surface area contributed by atoms with Gasteiger partial charge in [-0.15, -0.1) is 0 Å². The van der Waals surface area contributed by atoms with Gasteiger partial charge in [-0.3, -0.25) is 4.79 Å². The number of aromatic nitrogens is 3. The quantitative estimate of drug-likeness (QED) is 0.889. The molecule has 0 saturated carbocycles. The van der Waals surface area contributed by atoms with E-state index < -0.39 is 5.97 Å². The molecule has 0 radical (unpaired) electrons. The van der Waals surface area contributed by atoms with Crippen molar-refractivity contribution in [2.75, 3.05) is 0 Å². The van der Waals surface area contributed by atoms with Gasteiger partial charge in [0.1, 0.15) is 19.0 Å². The Balaban J connectivity index is 0.000000304. The highest BCUT2D eigenvalue weighted by Crippen LogP contribution is 2.35. The number of nitrogens with zero attached hydrogens (tertiary/aromatic N) is 3. The summed E-state index contributed by atoms with van der Waals surface area (Å²) in [6.45, 7) is 8.78. The Morgan fingerprint density at radius 3 is 1.86 bits per heavy atom. The lowest BCUT2D eigenvalue weighted by atomic mass is 9.74. The van der Waals surface area contributed by atoms with Crippen LogP contribution in [0, 0.1) is 5.92 Å². The second-order valence-corrected chi connectivity index (χ2v) is 6.89. The van der Waals surface area contributed by atoms with E-state index in [1.165, 1.54) is 19.0 Å². The number of carbonyl (C=O) groups is 1. The van der Waals surface area contributed by atoms with Gasteiger partial charge in [-0.1, -0.05) is 0 Å². The van der Waals surface area contributed by atoms with Crippen LogP contribution < -0.4 is 5.32 Å². The molecule has 6 heteroatoms. The van der Waals surface area contributed by atoms with Gasteiger partial charge in [0.05, 0.1) is 0 Å². The lowest BCUT2D eigenvalue weighted by Gasteiger charge is -2.46. The number of hydrogen-bond acceptors (Lipinski definition) is 5. The molecule has 2 heterocycles. The Bertz CT molecular complexity index is 392. The first-order valence-electron chi connectivity index (χ1n) is 7.26. The van der Waals surface area contributed by atoms with Crippen LogP contribution in [0.3, 0.4) is 0 Å². The minimum atomic E-state index is -0.677. The van der Waals surface area contributed by atoms with Crippen LogP contribution in [0.2, 0.25) is 0 Å². The molecular formula is C15H26N4O2. The second-order valence-electron chi connectivity index (χ2n) is 6.89. The van der Waals surface area contributed by atoms with Gasteiger partial charge in [0.25, 0.3) is 0 Å². The number of carboxylic acids is 1. The van der Waals surface area contributed by atoms with E-state index in [0.717, 1.165) is 19.3 Å². The first-order chi connectivity index (χ1) is 9.70. The molecule has 118 valence electrons. The fraction of sp³-hybridized carbons (Fsp3) is 0.733. The summed E-state index contributed by atoms with van der Waals surface area (Å²) in [6.07, 6.45) is 7.57. The molecule has 1 aliphatic heterocycles. The van der Waals surface area contributed by atoms with Gasteiger partial charge < -0.3 is 10.4 Å². The van der Waals surface area contributed by atoms with Crippen molar-refractivity contribution < 1.29 is 9.90 Å².